The van der Waals surface area contributed by atoms with Gasteiger partial charge >= 0.3 is 0 Å². The molecule has 5 nitrogen and oxygen atoms in total. The number of piperidine rings is 1. The van der Waals surface area contributed by atoms with E-state index >= 15 is 0 Å². The highest BCUT2D eigenvalue weighted by molar-refractivity contribution is 5.80. The molecule has 1 aromatic carbocycles. The van der Waals surface area contributed by atoms with Crippen molar-refractivity contribution in [1.29, 1.82) is 0 Å². The van der Waals surface area contributed by atoms with E-state index in [1.54, 1.807) is 0 Å². The topological polar surface area (TPSA) is 40.1 Å². The molecule has 2 aliphatic heterocycles. The molecule has 3 unspecified atom stereocenters. The summed E-state index contributed by atoms with van der Waals surface area (Å²) in [6.07, 6.45) is 2.55. The first kappa shape index (κ1) is 21.1. The normalized spacial score (nSPS) is 27.3. The van der Waals surface area contributed by atoms with Crippen LogP contribution in [0.5, 0.6) is 0 Å². The van der Waals surface area contributed by atoms with E-state index in [4.69, 9.17) is 4.74 Å². The summed E-state index contributed by atoms with van der Waals surface area (Å²) in [4.78, 5) is 9.37. The van der Waals surface area contributed by atoms with Gasteiger partial charge in [0.2, 0.25) is 0 Å². The minimum absolute atomic E-state index is 0.0750. The van der Waals surface area contributed by atoms with Crippen LogP contribution in [0.25, 0.3) is 0 Å². The van der Waals surface area contributed by atoms with Crippen molar-refractivity contribution in [2.75, 3.05) is 39.8 Å². The maximum Gasteiger partial charge on any atom is 0.193 e. The summed E-state index contributed by atoms with van der Waals surface area (Å²) in [5.74, 6) is 1.37. The summed E-state index contributed by atoms with van der Waals surface area (Å²) in [6, 6.07) is 7.24. The number of halogens is 1. The average molecular weight is 391 g/mol. The van der Waals surface area contributed by atoms with Crippen molar-refractivity contribution in [2.24, 2.45) is 10.9 Å². The zero-order valence-electron chi connectivity index (χ0n) is 17.7. The maximum atomic E-state index is 13.3. The largest absolute Gasteiger partial charge is 0.367 e. The Hall–Kier alpha value is -1.66. The monoisotopic (exact) mass is 390 g/mol. The van der Waals surface area contributed by atoms with Gasteiger partial charge in [-0.05, 0) is 63.8 Å². The van der Waals surface area contributed by atoms with E-state index in [1.807, 2.05) is 19.2 Å². The number of aliphatic imine (C=N–C) groups is 1. The number of rotatable bonds is 4. The van der Waals surface area contributed by atoms with Gasteiger partial charge in [0.05, 0.1) is 12.6 Å². The molecule has 0 radical (unpaired) electrons. The summed E-state index contributed by atoms with van der Waals surface area (Å²) < 4.78 is 19.4. The molecule has 2 aliphatic rings. The quantitative estimate of drug-likeness (QED) is 0.633. The van der Waals surface area contributed by atoms with Gasteiger partial charge < -0.3 is 19.9 Å². The Morgan fingerprint density at radius 3 is 2.68 bits per heavy atom. The predicted molar refractivity (Wildman–Crippen MR) is 112 cm³/mol. The van der Waals surface area contributed by atoms with Gasteiger partial charge in [0.15, 0.2) is 5.96 Å². The van der Waals surface area contributed by atoms with Gasteiger partial charge in [-0.2, -0.15) is 0 Å². The van der Waals surface area contributed by atoms with Crippen LogP contribution in [0.4, 0.5) is 4.39 Å². The molecule has 0 spiro atoms. The summed E-state index contributed by atoms with van der Waals surface area (Å²) >= 11 is 0. The lowest BCUT2D eigenvalue weighted by atomic mass is 9.97. The van der Waals surface area contributed by atoms with Crippen molar-refractivity contribution in [3.63, 3.8) is 0 Å². The van der Waals surface area contributed by atoms with Crippen LogP contribution in [-0.4, -0.2) is 67.7 Å². The second-order valence-electron chi connectivity index (χ2n) is 8.42. The fourth-order valence-corrected chi connectivity index (χ4v) is 4.29. The number of morpholine rings is 1. The molecule has 1 N–H and O–H groups in total. The van der Waals surface area contributed by atoms with Crippen LogP contribution in [0, 0.1) is 11.7 Å². The molecular formula is C22H35FN4O. The fourth-order valence-electron chi connectivity index (χ4n) is 4.29. The first-order valence-electron chi connectivity index (χ1n) is 10.6. The second-order valence-corrected chi connectivity index (χ2v) is 8.42. The van der Waals surface area contributed by atoms with Crippen LogP contribution in [0.15, 0.2) is 29.3 Å². The van der Waals surface area contributed by atoms with Crippen LogP contribution < -0.4 is 5.32 Å². The summed E-state index contributed by atoms with van der Waals surface area (Å²) in [6.45, 7) is 11.5. The highest BCUT2D eigenvalue weighted by Gasteiger charge is 2.29. The first-order chi connectivity index (χ1) is 13.5. The van der Waals surface area contributed by atoms with Crippen molar-refractivity contribution in [3.8, 4) is 0 Å². The Morgan fingerprint density at radius 2 is 2.00 bits per heavy atom. The Balaban J connectivity index is 1.59. The van der Waals surface area contributed by atoms with E-state index in [-0.39, 0.29) is 18.0 Å². The summed E-state index contributed by atoms with van der Waals surface area (Å²) in [7, 11) is 1.84. The van der Waals surface area contributed by atoms with E-state index in [1.165, 1.54) is 31.5 Å². The number of ether oxygens (including phenoxy) is 1. The fraction of sp³-hybridized carbons (Fsp3) is 0.682. The molecule has 2 saturated heterocycles. The Bertz CT molecular complexity index is 648. The molecule has 3 atom stereocenters. The van der Waals surface area contributed by atoms with E-state index in [2.05, 4.69) is 40.9 Å². The lowest BCUT2D eigenvalue weighted by molar-refractivity contribution is -0.0605. The van der Waals surface area contributed by atoms with Gasteiger partial charge in [-0.25, -0.2) is 4.39 Å². The van der Waals surface area contributed by atoms with Crippen LogP contribution in [0.3, 0.4) is 0 Å². The van der Waals surface area contributed by atoms with Gasteiger partial charge in [-0.1, -0.05) is 12.1 Å². The zero-order valence-corrected chi connectivity index (χ0v) is 17.7. The second kappa shape index (κ2) is 9.70. The standard InChI is InChI=1S/C22H35FN4O/c1-16(2)26-11-5-6-18(14-26)12-25-22(24-4)27-13-17(3)28-21(15-27)19-7-9-20(23)10-8-19/h7-10,16-18,21H,5-6,11-15H2,1-4H3,(H,24,25). The third-order valence-electron chi connectivity index (χ3n) is 5.84. The molecule has 6 heteroatoms. The van der Waals surface area contributed by atoms with E-state index in [9.17, 15) is 4.39 Å². The third kappa shape index (κ3) is 5.45. The minimum atomic E-state index is -0.218. The molecule has 28 heavy (non-hydrogen) atoms. The van der Waals surface area contributed by atoms with Crippen molar-refractivity contribution < 1.29 is 9.13 Å². The number of hydrogen-bond donors (Lipinski definition) is 1. The number of benzene rings is 1. The number of hydrogen-bond acceptors (Lipinski definition) is 3. The highest BCUT2D eigenvalue weighted by atomic mass is 19.1. The molecular weight excluding hydrogens is 355 g/mol. The smallest absolute Gasteiger partial charge is 0.193 e. The maximum absolute atomic E-state index is 13.3. The first-order valence-corrected chi connectivity index (χ1v) is 10.6. The Morgan fingerprint density at radius 1 is 1.25 bits per heavy atom. The van der Waals surface area contributed by atoms with Crippen LogP contribution in [0.2, 0.25) is 0 Å². The molecule has 0 bridgehead atoms. The van der Waals surface area contributed by atoms with Crippen LogP contribution in [0.1, 0.15) is 45.3 Å². The molecule has 156 valence electrons. The molecule has 0 aliphatic carbocycles. The number of nitrogens with zero attached hydrogens (tertiary/aromatic N) is 3. The molecule has 2 fully saturated rings. The van der Waals surface area contributed by atoms with Crippen molar-refractivity contribution in [2.45, 2.75) is 51.9 Å². The molecule has 3 rings (SSSR count). The van der Waals surface area contributed by atoms with Gasteiger partial charge in [0.1, 0.15) is 11.9 Å². The Kier molecular flexibility index (Phi) is 7.30. The van der Waals surface area contributed by atoms with Gasteiger partial charge in [0.25, 0.3) is 0 Å². The Labute approximate surface area is 169 Å². The molecule has 0 aromatic heterocycles. The van der Waals surface area contributed by atoms with Crippen LogP contribution in [-0.2, 0) is 4.74 Å². The molecule has 1 aromatic rings. The van der Waals surface area contributed by atoms with Crippen molar-refractivity contribution >= 4 is 5.96 Å². The molecule has 0 saturated carbocycles. The summed E-state index contributed by atoms with van der Waals surface area (Å²) in [5, 5.41) is 3.60. The lowest BCUT2D eigenvalue weighted by Crippen LogP contribution is -2.52. The van der Waals surface area contributed by atoms with E-state index in [0.29, 0.717) is 12.0 Å². The van der Waals surface area contributed by atoms with E-state index in [0.717, 1.165) is 37.7 Å². The van der Waals surface area contributed by atoms with Gasteiger partial charge in [-0.15, -0.1) is 0 Å². The average Bonchev–Trinajstić information content (AvgIpc) is 2.69. The van der Waals surface area contributed by atoms with Crippen molar-refractivity contribution in [3.05, 3.63) is 35.6 Å². The third-order valence-corrected chi connectivity index (χ3v) is 5.84. The molecule has 0 amide bonds. The lowest BCUT2D eigenvalue weighted by Gasteiger charge is -2.40. The number of likely N-dealkylation sites (tertiary alicyclic amines) is 1. The number of nitrogens with one attached hydrogen (secondary N) is 1. The minimum Gasteiger partial charge on any atom is -0.367 e. The van der Waals surface area contributed by atoms with Gasteiger partial charge in [0, 0.05) is 32.7 Å². The SMILES string of the molecule is CN=C(NCC1CCCN(C(C)C)C1)N1CC(C)OC(c2ccc(F)cc2)C1. The van der Waals surface area contributed by atoms with Gasteiger partial charge in [-0.3, -0.25) is 4.99 Å². The number of guanidine groups is 1. The predicted octanol–water partition coefficient (Wildman–Crippen LogP) is 3.28. The zero-order chi connectivity index (χ0) is 20.1. The van der Waals surface area contributed by atoms with E-state index < -0.39 is 0 Å². The molecule has 2 heterocycles. The summed E-state index contributed by atoms with van der Waals surface area (Å²) in [5.41, 5.74) is 1.01. The van der Waals surface area contributed by atoms with Crippen LogP contribution >= 0.6 is 0 Å². The van der Waals surface area contributed by atoms with Crippen molar-refractivity contribution in [1.82, 2.24) is 15.1 Å². The highest BCUT2D eigenvalue weighted by Crippen LogP contribution is 2.25.